The number of hydrogen-bond acceptors (Lipinski definition) is 4. The predicted octanol–water partition coefficient (Wildman–Crippen LogP) is 3.30. The van der Waals surface area contributed by atoms with Crippen molar-refractivity contribution in [1.82, 2.24) is 10.3 Å². The van der Waals surface area contributed by atoms with E-state index in [-0.39, 0.29) is 0 Å². The van der Waals surface area contributed by atoms with Gasteiger partial charge in [-0.05, 0) is 35.1 Å². The molecule has 90 valence electrons. The van der Waals surface area contributed by atoms with Crippen molar-refractivity contribution in [2.75, 3.05) is 14.2 Å². The normalized spacial score (nSPS) is 10.5. The first-order chi connectivity index (χ1) is 8.24. The van der Waals surface area contributed by atoms with Gasteiger partial charge in [0.05, 0.1) is 12.0 Å². The van der Waals surface area contributed by atoms with Gasteiger partial charge in [-0.1, -0.05) is 12.1 Å². The molecule has 0 amide bonds. The third-order valence-electron chi connectivity index (χ3n) is 2.30. The van der Waals surface area contributed by atoms with Crippen molar-refractivity contribution in [1.29, 1.82) is 0 Å². The second-order valence-corrected chi connectivity index (χ2v) is 5.33. The number of nitrogens with one attached hydrogen (secondary N) is 1. The molecule has 1 N–H and O–H groups in total. The highest BCUT2D eigenvalue weighted by atomic mass is 79.9. The van der Waals surface area contributed by atoms with Gasteiger partial charge >= 0.3 is 0 Å². The molecule has 5 heteroatoms. The molecule has 1 aromatic carbocycles. The molecule has 0 atom stereocenters. The summed E-state index contributed by atoms with van der Waals surface area (Å²) in [5, 5.41) is 4.13. The van der Waals surface area contributed by atoms with Gasteiger partial charge in [0.2, 0.25) is 0 Å². The number of hydrogen-bond donors (Lipinski definition) is 1. The molecular weight excluding hydrogens is 300 g/mol. The monoisotopic (exact) mass is 312 g/mol. The van der Waals surface area contributed by atoms with E-state index in [9.17, 15) is 0 Å². The summed E-state index contributed by atoms with van der Waals surface area (Å²) in [5.74, 6) is 0.851. The highest BCUT2D eigenvalue weighted by Crippen LogP contribution is 2.32. The minimum Gasteiger partial charge on any atom is -0.497 e. The number of thiazole rings is 1. The number of ether oxygens (including phenoxy) is 1. The first kappa shape index (κ1) is 12.5. The van der Waals surface area contributed by atoms with Crippen molar-refractivity contribution in [2.45, 2.75) is 6.54 Å². The van der Waals surface area contributed by atoms with Gasteiger partial charge in [0.15, 0.2) is 0 Å². The van der Waals surface area contributed by atoms with Crippen LogP contribution in [-0.2, 0) is 6.54 Å². The van der Waals surface area contributed by atoms with Crippen molar-refractivity contribution in [2.24, 2.45) is 0 Å². The van der Waals surface area contributed by atoms with E-state index in [1.165, 1.54) is 4.88 Å². The summed E-state index contributed by atoms with van der Waals surface area (Å²) in [5.41, 5.74) is 1.08. The number of halogens is 1. The number of rotatable bonds is 4. The molecular formula is C12H13BrN2OS. The lowest BCUT2D eigenvalue weighted by molar-refractivity contribution is 0.415. The van der Waals surface area contributed by atoms with Gasteiger partial charge in [-0.25, -0.2) is 4.98 Å². The van der Waals surface area contributed by atoms with Crippen molar-refractivity contribution in [3.05, 3.63) is 33.7 Å². The van der Waals surface area contributed by atoms with Crippen LogP contribution in [0.2, 0.25) is 0 Å². The number of aromatic nitrogens is 1. The molecule has 0 saturated heterocycles. The number of nitrogens with zero attached hydrogens (tertiary/aromatic N) is 1. The maximum absolute atomic E-state index is 5.21. The fraction of sp³-hybridized carbons (Fsp3) is 0.250. The largest absolute Gasteiger partial charge is 0.497 e. The molecule has 0 unspecified atom stereocenters. The Kier molecular flexibility index (Phi) is 4.15. The Bertz CT molecular complexity index is 513. The smallest absolute Gasteiger partial charge is 0.125 e. The molecule has 0 spiro atoms. The topological polar surface area (TPSA) is 34.1 Å². The Labute approximate surface area is 113 Å². The lowest BCUT2D eigenvalue weighted by atomic mass is 10.2. The Morgan fingerprint density at radius 3 is 3.00 bits per heavy atom. The number of methoxy groups -OCH3 is 1. The predicted molar refractivity (Wildman–Crippen MR) is 74.6 cm³/mol. The zero-order valence-corrected chi connectivity index (χ0v) is 12.1. The van der Waals surface area contributed by atoms with E-state index in [0.29, 0.717) is 0 Å². The summed E-state index contributed by atoms with van der Waals surface area (Å²) >= 11 is 5.16. The van der Waals surface area contributed by atoms with E-state index in [0.717, 1.165) is 27.5 Å². The van der Waals surface area contributed by atoms with Crippen LogP contribution < -0.4 is 10.1 Å². The lowest BCUT2D eigenvalue weighted by Gasteiger charge is -2.00. The highest BCUT2D eigenvalue weighted by Gasteiger charge is 2.10. The Hall–Kier alpha value is -0.910. The van der Waals surface area contributed by atoms with E-state index in [2.05, 4.69) is 26.2 Å². The molecule has 0 fully saturated rings. The van der Waals surface area contributed by atoms with Crippen LogP contribution in [0, 0.1) is 0 Å². The second kappa shape index (κ2) is 5.62. The molecule has 1 heterocycles. The lowest BCUT2D eigenvalue weighted by Crippen LogP contribution is -2.03. The Morgan fingerprint density at radius 1 is 1.47 bits per heavy atom. The summed E-state index contributed by atoms with van der Waals surface area (Å²) in [4.78, 5) is 5.71. The summed E-state index contributed by atoms with van der Waals surface area (Å²) in [6, 6.07) is 7.94. The van der Waals surface area contributed by atoms with Gasteiger partial charge in [-0.2, -0.15) is 0 Å². The molecule has 0 saturated carbocycles. The molecule has 2 aromatic rings. The van der Waals surface area contributed by atoms with Gasteiger partial charge < -0.3 is 10.1 Å². The Balaban J connectivity index is 2.35. The van der Waals surface area contributed by atoms with Crippen LogP contribution in [0.1, 0.15) is 4.88 Å². The fourth-order valence-electron chi connectivity index (χ4n) is 1.48. The minimum atomic E-state index is 0.822. The van der Waals surface area contributed by atoms with E-state index in [4.69, 9.17) is 4.74 Å². The molecule has 0 aliphatic carbocycles. The number of benzene rings is 1. The zero-order chi connectivity index (χ0) is 12.3. The van der Waals surface area contributed by atoms with Crippen molar-refractivity contribution in [3.8, 4) is 16.3 Å². The molecule has 0 aliphatic heterocycles. The molecule has 3 nitrogen and oxygen atoms in total. The maximum Gasteiger partial charge on any atom is 0.125 e. The Morgan fingerprint density at radius 2 is 2.29 bits per heavy atom. The van der Waals surface area contributed by atoms with E-state index >= 15 is 0 Å². The van der Waals surface area contributed by atoms with Crippen molar-refractivity contribution >= 4 is 27.3 Å². The van der Waals surface area contributed by atoms with Crippen molar-refractivity contribution < 1.29 is 4.74 Å². The maximum atomic E-state index is 5.21. The van der Waals surface area contributed by atoms with Crippen LogP contribution in [0.4, 0.5) is 0 Å². The first-order valence-electron chi connectivity index (χ1n) is 5.19. The fourth-order valence-corrected chi connectivity index (χ4v) is 3.12. The summed E-state index contributed by atoms with van der Waals surface area (Å²) < 4.78 is 6.13. The van der Waals surface area contributed by atoms with E-state index in [1.54, 1.807) is 18.4 Å². The van der Waals surface area contributed by atoms with Gasteiger partial charge in [0, 0.05) is 12.1 Å². The van der Waals surface area contributed by atoms with Crippen molar-refractivity contribution in [3.63, 3.8) is 0 Å². The standard InChI is InChI=1S/C12H13BrN2OS/c1-14-7-10-11(13)15-12(17-10)8-4-3-5-9(6-8)16-2/h3-6,14H,7H2,1-2H3. The summed E-state index contributed by atoms with van der Waals surface area (Å²) in [7, 11) is 3.60. The van der Waals surface area contributed by atoms with Crippen LogP contribution in [0.5, 0.6) is 5.75 Å². The van der Waals surface area contributed by atoms with Crippen LogP contribution in [0.15, 0.2) is 28.9 Å². The van der Waals surface area contributed by atoms with Crippen LogP contribution in [-0.4, -0.2) is 19.1 Å². The van der Waals surface area contributed by atoms with Gasteiger partial charge in [-0.15, -0.1) is 11.3 Å². The molecule has 2 rings (SSSR count). The third kappa shape index (κ3) is 2.86. The SMILES string of the molecule is CNCc1sc(-c2cccc(OC)c2)nc1Br. The second-order valence-electron chi connectivity index (χ2n) is 3.50. The van der Waals surface area contributed by atoms with E-state index < -0.39 is 0 Å². The first-order valence-corrected chi connectivity index (χ1v) is 6.79. The molecule has 17 heavy (non-hydrogen) atoms. The summed E-state index contributed by atoms with van der Waals surface area (Å²) in [6.07, 6.45) is 0. The molecule has 1 aromatic heterocycles. The van der Waals surface area contributed by atoms with Crippen LogP contribution in [0.3, 0.4) is 0 Å². The minimum absolute atomic E-state index is 0.822. The average Bonchev–Trinajstić information content (AvgIpc) is 2.72. The molecule has 0 bridgehead atoms. The quantitative estimate of drug-likeness (QED) is 0.940. The van der Waals surface area contributed by atoms with Crippen LogP contribution in [0.25, 0.3) is 10.6 Å². The summed E-state index contributed by atoms with van der Waals surface area (Å²) in [6.45, 7) is 0.822. The average molecular weight is 313 g/mol. The van der Waals surface area contributed by atoms with Gasteiger partial charge in [0.1, 0.15) is 15.4 Å². The van der Waals surface area contributed by atoms with Crippen LogP contribution >= 0.6 is 27.3 Å². The zero-order valence-electron chi connectivity index (χ0n) is 9.66. The van der Waals surface area contributed by atoms with Gasteiger partial charge in [-0.3, -0.25) is 0 Å². The molecule has 0 aliphatic rings. The third-order valence-corrected chi connectivity index (χ3v) is 4.33. The molecule has 0 radical (unpaired) electrons. The van der Waals surface area contributed by atoms with E-state index in [1.807, 2.05) is 31.3 Å². The van der Waals surface area contributed by atoms with Gasteiger partial charge in [0.25, 0.3) is 0 Å². The highest BCUT2D eigenvalue weighted by molar-refractivity contribution is 9.10.